The van der Waals surface area contributed by atoms with E-state index in [0.717, 1.165) is 12.8 Å². The van der Waals surface area contributed by atoms with Gasteiger partial charge in [0.25, 0.3) is 0 Å². The highest BCUT2D eigenvalue weighted by Gasteiger charge is 2.06. The normalized spacial score (nSPS) is 9.50. The van der Waals surface area contributed by atoms with Gasteiger partial charge in [-0.2, -0.15) is 0 Å². The Morgan fingerprint density at radius 3 is 2.25 bits per heavy atom. The molecule has 0 saturated carbocycles. The van der Waals surface area contributed by atoms with Crippen LogP contribution < -0.4 is 11.1 Å². The van der Waals surface area contributed by atoms with Crippen LogP contribution in [0, 0.1) is 12.3 Å². The summed E-state index contributed by atoms with van der Waals surface area (Å²) in [5.74, 6) is 0.415. The van der Waals surface area contributed by atoms with Crippen molar-refractivity contribution in [1.29, 1.82) is 5.41 Å². The van der Waals surface area contributed by atoms with Crippen LogP contribution in [0.15, 0.2) is 49.6 Å². The van der Waals surface area contributed by atoms with Crippen LogP contribution in [0.3, 0.4) is 0 Å². The predicted molar refractivity (Wildman–Crippen MR) is 87.0 cm³/mol. The summed E-state index contributed by atoms with van der Waals surface area (Å²) < 4.78 is 0. The molecule has 0 spiro atoms. The van der Waals surface area contributed by atoms with Gasteiger partial charge < -0.3 is 11.1 Å². The molecular weight excluding hydrogens is 250 g/mol. The number of hydrogen-bond acceptors (Lipinski definition) is 2. The molecule has 4 nitrogen and oxygen atoms in total. The van der Waals surface area contributed by atoms with E-state index in [1.54, 1.807) is 7.05 Å². The number of aryl methyl sites for hydroxylation is 1. The number of carbonyl (C=O) groups is 1. The Morgan fingerprint density at radius 2 is 1.90 bits per heavy atom. The average molecular weight is 275 g/mol. The van der Waals surface area contributed by atoms with Crippen LogP contribution in [0.4, 0.5) is 0 Å². The lowest BCUT2D eigenvalue weighted by atomic mass is 9.92. The van der Waals surface area contributed by atoms with Crippen LogP contribution in [0.25, 0.3) is 0 Å². The molecule has 110 valence electrons. The van der Waals surface area contributed by atoms with Gasteiger partial charge >= 0.3 is 0 Å². The number of rotatable bonds is 5. The fourth-order valence-corrected chi connectivity index (χ4v) is 1.53. The molecule has 4 heteroatoms. The van der Waals surface area contributed by atoms with Gasteiger partial charge in [-0.25, -0.2) is 0 Å². The van der Waals surface area contributed by atoms with Crippen LogP contribution >= 0.6 is 0 Å². The van der Waals surface area contributed by atoms with Crippen molar-refractivity contribution in [3.63, 3.8) is 0 Å². The largest absolute Gasteiger partial charge is 0.390 e. The first-order valence-corrected chi connectivity index (χ1v) is 6.23. The predicted octanol–water partition coefficient (Wildman–Crippen LogP) is 2.76. The van der Waals surface area contributed by atoms with E-state index >= 15 is 0 Å². The molecule has 0 aliphatic heterocycles. The van der Waals surface area contributed by atoms with Crippen molar-refractivity contribution in [1.82, 2.24) is 5.32 Å². The van der Waals surface area contributed by atoms with Gasteiger partial charge in [0.15, 0.2) is 0 Å². The smallest absolute Gasteiger partial charge is 0.206 e. The Hall–Kier alpha value is -2.36. The van der Waals surface area contributed by atoms with Gasteiger partial charge in [0.2, 0.25) is 6.41 Å². The third-order valence-corrected chi connectivity index (χ3v) is 2.41. The van der Waals surface area contributed by atoms with Gasteiger partial charge in [-0.3, -0.25) is 10.2 Å². The summed E-state index contributed by atoms with van der Waals surface area (Å²) >= 11 is 0. The maximum absolute atomic E-state index is 9.06. The van der Waals surface area contributed by atoms with Crippen molar-refractivity contribution in [2.24, 2.45) is 5.73 Å². The standard InChI is InChI=1S/C13H16.C2H5NO.CH4N2/c1-4-8-12(5-2)13-10-7-6-9-11(13)3;1-3-2-4;2-1-3/h4-7,9-10,12H,1-2,8H2,3H3;2H,1H3,(H,3,4);1H,(H3,2,3). The Labute approximate surface area is 121 Å². The number of amides is 1. The van der Waals surface area contributed by atoms with E-state index in [-0.39, 0.29) is 0 Å². The number of carbonyl (C=O) groups excluding carboxylic acids is 1. The molecule has 0 aliphatic carbocycles. The van der Waals surface area contributed by atoms with Crippen LogP contribution in [-0.2, 0) is 4.79 Å². The fraction of sp³-hybridized carbons (Fsp3) is 0.250. The maximum Gasteiger partial charge on any atom is 0.206 e. The molecule has 1 aromatic rings. The van der Waals surface area contributed by atoms with E-state index in [9.17, 15) is 0 Å². The average Bonchev–Trinajstić information content (AvgIpc) is 2.47. The molecule has 20 heavy (non-hydrogen) atoms. The molecule has 1 unspecified atom stereocenters. The van der Waals surface area contributed by atoms with Gasteiger partial charge in [-0.05, 0) is 24.5 Å². The molecule has 4 N–H and O–H groups in total. The fourth-order valence-electron chi connectivity index (χ4n) is 1.53. The lowest BCUT2D eigenvalue weighted by Gasteiger charge is -2.12. The van der Waals surface area contributed by atoms with Crippen molar-refractivity contribution in [3.8, 4) is 0 Å². The van der Waals surface area contributed by atoms with Crippen molar-refractivity contribution < 1.29 is 4.79 Å². The summed E-state index contributed by atoms with van der Waals surface area (Å²) in [6.45, 7) is 9.74. The number of benzene rings is 1. The molecule has 0 aromatic heterocycles. The molecule has 0 aliphatic rings. The minimum absolute atomic E-state index is 0.415. The van der Waals surface area contributed by atoms with Crippen molar-refractivity contribution >= 4 is 12.7 Å². The summed E-state index contributed by atoms with van der Waals surface area (Å²) in [5, 5.41) is 8.11. The van der Waals surface area contributed by atoms with Gasteiger partial charge in [-0.1, -0.05) is 36.4 Å². The van der Waals surface area contributed by atoms with Crippen LogP contribution in [-0.4, -0.2) is 19.8 Å². The van der Waals surface area contributed by atoms with Gasteiger partial charge in [-0.15, -0.1) is 13.2 Å². The monoisotopic (exact) mass is 275 g/mol. The second kappa shape index (κ2) is 14.7. The first-order valence-electron chi connectivity index (χ1n) is 6.23. The number of hydrogen-bond donors (Lipinski definition) is 3. The first kappa shape index (κ1) is 20.0. The lowest BCUT2D eigenvalue weighted by molar-refractivity contribution is -0.109. The highest BCUT2D eigenvalue weighted by molar-refractivity contribution is 5.46. The minimum atomic E-state index is 0.415. The number of nitrogens with two attached hydrogens (primary N) is 1. The van der Waals surface area contributed by atoms with E-state index in [2.05, 4.69) is 55.4 Å². The number of nitrogens with one attached hydrogen (secondary N) is 2. The van der Waals surface area contributed by atoms with Crippen LogP contribution in [0.5, 0.6) is 0 Å². The summed E-state index contributed by atoms with van der Waals surface area (Å²) in [7, 11) is 1.56. The molecule has 0 heterocycles. The summed E-state index contributed by atoms with van der Waals surface area (Å²) in [4.78, 5) is 9.06. The molecule has 1 atom stereocenters. The Kier molecular flexibility index (Phi) is 14.7. The maximum atomic E-state index is 9.06. The quantitative estimate of drug-likeness (QED) is 0.334. The SMILES string of the molecule is C=CCC(C=C)c1ccccc1C.CNC=O.N=CN. The second-order valence-electron chi connectivity index (χ2n) is 3.80. The van der Waals surface area contributed by atoms with Crippen LogP contribution in [0.1, 0.15) is 23.5 Å². The molecule has 0 saturated heterocycles. The van der Waals surface area contributed by atoms with Crippen molar-refractivity contribution in [2.75, 3.05) is 7.05 Å². The third kappa shape index (κ3) is 9.65. The third-order valence-electron chi connectivity index (χ3n) is 2.41. The zero-order valence-electron chi connectivity index (χ0n) is 12.3. The van der Waals surface area contributed by atoms with Gasteiger partial charge in [0.05, 0.1) is 6.34 Å². The highest BCUT2D eigenvalue weighted by Crippen LogP contribution is 2.23. The highest BCUT2D eigenvalue weighted by atomic mass is 16.1. The Morgan fingerprint density at radius 1 is 1.40 bits per heavy atom. The first-order chi connectivity index (χ1) is 9.62. The van der Waals surface area contributed by atoms with Crippen molar-refractivity contribution in [2.45, 2.75) is 19.3 Å². The zero-order valence-corrected chi connectivity index (χ0v) is 12.3. The molecule has 1 amide bonds. The van der Waals surface area contributed by atoms with Gasteiger partial charge in [0, 0.05) is 13.0 Å². The minimum Gasteiger partial charge on any atom is -0.390 e. The summed E-state index contributed by atoms with van der Waals surface area (Å²) in [5.41, 5.74) is 7.08. The summed E-state index contributed by atoms with van der Waals surface area (Å²) in [6, 6.07) is 8.43. The molecule has 1 aromatic carbocycles. The Balaban J connectivity index is 0. The summed E-state index contributed by atoms with van der Waals surface area (Å²) in [6.07, 6.45) is 6.27. The molecule has 0 fully saturated rings. The molecule has 1 rings (SSSR count). The van der Waals surface area contributed by atoms with Crippen molar-refractivity contribution in [3.05, 3.63) is 60.7 Å². The Bertz CT molecular complexity index is 402. The van der Waals surface area contributed by atoms with Gasteiger partial charge in [0.1, 0.15) is 0 Å². The van der Waals surface area contributed by atoms with E-state index in [0.29, 0.717) is 12.3 Å². The van der Waals surface area contributed by atoms with E-state index < -0.39 is 0 Å². The molecule has 0 bridgehead atoms. The molecule has 0 radical (unpaired) electrons. The van der Waals surface area contributed by atoms with Crippen LogP contribution in [0.2, 0.25) is 0 Å². The topological polar surface area (TPSA) is 79.0 Å². The van der Waals surface area contributed by atoms with E-state index in [1.807, 2.05) is 12.2 Å². The lowest BCUT2D eigenvalue weighted by Crippen LogP contribution is -1.98. The zero-order chi connectivity index (χ0) is 15.8. The number of allylic oxidation sites excluding steroid dienone is 2. The second-order valence-corrected chi connectivity index (χ2v) is 3.80. The van der Waals surface area contributed by atoms with E-state index in [1.165, 1.54) is 11.1 Å². The molecular formula is C16H25N3O. The van der Waals surface area contributed by atoms with E-state index in [4.69, 9.17) is 10.2 Å².